The molecule has 9 N–H and O–H groups in total. The van der Waals surface area contributed by atoms with E-state index in [2.05, 4.69) is 31.9 Å². The van der Waals surface area contributed by atoms with Gasteiger partial charge in [0.25, 0.3) is 0 Å². The highest BCUT2D eigenvalue weighted by atomic mass is 32.2. The standard InChI is InChI=1S/C38H63N7O14S/c1-25(46)39-14-16-58-18-20-59-19-17-57-15-12-32(47)41-22-26-6-8-27(9-7-26)34(50)42-31(21-28-23-60-24-45(28)2)35(51)40-13-4-3-5-29(36(52)53)43-38(56)44-30(37(54)55)10-11-33(48)49/h23,26-27,29-31H,3-22,24H2,1-2H3,(H,39,46)(H,40,51)(H,41,47)(H,42,50)(H,48,49)(H,52,53)(H,54,55)(H2,43,44,56)/t26?,27?,29-,30-,31-/m0/s1. The number of unbranched alkanes of at least 4 members (excludes halogenated alkanes) is 1. The first-order valence-corrected chi connectivity index (χ1v) is 21.3. The van der Waals surface area contributed by atoms with E-state index in [9.17, 15) is 48.6 Å². The summed E-state index contributed by atoms with van der Waals surface area (Å²) >= 11 is 1.58. The topological polar surface area (TPSA) is 300 Å². The van der Waals surface area contributed by atoms with Crippen molar-refractivity contribution in [3.8, 4) is 0 Å². The molecule has 3 atom stereocenters. The molecule has 2 rings (SSSR count). The lowest BCUT2D eigenvalue weighted by atomic mass is 9.81. The van der Waals surface area contributed by atoms with Crippen LogP contribution < -0.4 is 31.9 Å². The van der Waals surface area contributed by atoms with Crippen LogP contribution in [0, 0.1) is 11.8 Å². The Balaban J connectivity index is 1.70. The molecule has 0 aromatic rings. The van der Waals surface area contributed by atoms with Crippen molar-refractivity contribution in [1.82, 2.24) is 36.8 Å². The lowest BCUT2D eigenvalue weighted by molar-refractivity contribution is -0.141. The molecule has 0 bridgehead atoms. The maximum Gasteiger partial charge on any atom is 0.326 e. The van der Waals surface area contributed by atoms with Crippen molar-refractivity contribution in [2.24, 2.45) is 11.8 Å². The number of thioether (sulfide) groups is 1. The zero-order valence-electron chi connectivity index (χ0n) is 34.5. The van der Waals surface area contributed by atoms with Crippen LogP contribution in [0.2, 0.25) is 0 Å². The van der Waals surface area contributed by atoms with Crippen molar-refractivity contribution in [3.63, 3.8) is 0 Å². The first-order chi connectivity index (χ1) is 28.7. The molecule has 2 aliphatic rings. The van der Waals surface area contributed by atoms with E-state index >= 15 is 0 Å². The van der Waals surface area contributed by atoms with Gasteiger partial charge in [-0.1, -0.05) is 0 Å². The zero-order valence-corrected chi connectivity index (χ0v) is 35.3. The van der Waals surface area contributed by atoms with E-state index in [-0.39, 0.29) is 74.8 Å². The first kappa shape index (κ1) is 51.5. The third kappa shape index (κ3) is 22.6. The number of nitrogens with zero attached hydrogens (tertiary/aromatic N) is 1. The number of carboxylic acid groups (broad SMARTS) is 3. The van der Waals surface area contributed by atoms with Crippen LogP contribution in [0.15, 0.2) is 11.1 Å². The maximum absolute atomic E-state index is 13.4. The largest absolute Gasteiger partial charge is 0.481 e. The summed E-state index contributed by atoms with van der Waals surface area (Å²) in [7, 11) is 1.90. The molecule has 6 amide bonds. The molecule has 21 nitrogen and oxygen atoms in total. The average Bonchev–Trinajstić information content (AvgIpc) is 3.61. The van der Waals surface area contributed by atoms with E-state index in [1.54, 1.807) is 11.8 Å². The highest BCUT2D eigenvalue weighted by molar-refractivity contribution is 8.02. The van der Waals surface area contributed by atoms with Crippen LogP contribution in [0.25, 0.3) is 0 Å². The second-order valence-corrected chi connectivity index (χ2v) is 15.4. The Morgan fingerprint density at radius 3 is 1.93 bits per heavy atom. The molecule has 1 saturated carbocycles. The van der Waals surface area contributed by atoms with Gasteiger partial charge in [-0.25, -0.2) is 14.4 Å². The molecule has 0 radical (unpaired) electrons. The van der Waals surface area contributed by atoms with Crippen LogP contribution in [0.1, 0.15) is 77.6 Å². The summed E-state index contributed by atoms with van der Waals surface area (Å²) in [5.74, 6) is -4.24. The summed E-state index contributed by atoms with van der Waals surface area (Å²) in [5, 5.41) is 45.2. The molecule has 0 aromatic carbocycles. The number of ether oxygens (including phenoxy) is 3. The van der Waals surface area contributed by atoms with Gasteiger partial charge < -0.3 is 66.3 Å². The van der Waals surface area contributed by atoms with E-state index in [1.165, 1.54) is 6.92 Å². The van der Waals surface area contributed by atoms with Crippen molar-refractivity contribution in [2.45, 2.75) is 95.7 Å². The molecule has 1 aliphatic heterocycles. The predicted octanol–water partition coefficient (Wildman–Crippen LogP) is 0.194. The molecule has 0 saturated heterocycles. The van der Waals surface area contributed by atoms with E-state index in [4.69, 9.17) is 19.3 Å². The van der Waals surface area contributed by atoms with Gasteiger partial charge in [0.15, 0.2) is 0 Å². The van der Waals surface area contributed by atoms with Crippen LogP contribution in [-0.2, 0) is 47.8 Å². The lowest BCUT2D eigenvalue weighted by Crippen LogP contribution is -2.51. The van der Waals surface area contributed by atoms with Crippen molar-refractivity contribution in [3.05, 3.63) is 11.1 Å². The average molecular weight is 874 g/mol. The number of aliphatic carboxylic acids is 3. The number of urea groups is 1. The fourth-order valence-electron chi connectivity index (χ4n) is 6.26. The third-order valence-corrected chi connectivity index (χ3v) is 10.7. The Morgan fingerprint density at radius 2 is 1.35 bits per heavy atom. The summed E-state index contributed by atoms with van der Waals surface area (Å²) < 4.78 is 16.2. The van der Waals surface area contributed by atoms with Gasteiger partial charge >= 0.3 is 23.9 Å². The number of amides is 6. The van der Waals surface area contributed by atoms with E-state index in [0.717, 1.165) is 24.4 Å². The van der Waals surface area contributed by atoms with Crippen molar-refractivity contribution < 1.29 is 67.9 Å². The Hall–Kier alpha value is -4.67. The Bertz CT molecular complexity index is 1450. The summed E-state index contributed by atoms with van der Waals surface area (Å²) in [6.45, 7) is 4.74. The predicted molar refractivity (Wildman–Crippen MR) is 217 cm³/mol. The van der Waals surface area contributed by atoms with Gasteiger partial charge in [-0.05, 0) is 62.7 Å². The fraction of sp³-hybridized carbons (Fsp3) is 0.737. The molecule has 1 aliphatic carbocycles. The Labute approximate surface area is 354 Å². The normalized spacial score (nSPS) is 17.6. The van der Waals surface area contributed by atoms with Crippen LogP contribution in [0.4, 0.5) is 4.79 Å². The highest BCUT2D eigenvalue weighted by Crippen LogP contribution is 2.29. The summed E-state index contributed by atoms with van der Waals surface area (Å²) in [4.78, 5) is 98.1. The minimum absolute atomic E-state index is 0.0280. The lowest BCUT2D eigenvalue weighted by Gasteiger charge is -2.29. The van der Waals surface area contributed by atoms with E-state index in [1.807, 2.05) is 17.4 Å². The highest BCUT2D eigenvalue weighted by Gasteiger charge is 2.31. The number of carbonyl (C=O) groups is 8. The van der Waals surface area contributed by atoms with Crippen molar-refractivity contribution >= 4 is 59.3 Å². The fourth-order valence-corrected chi connectivity index (χ4v) is 7.19. The second-order valence-electron chi connectivity index (χ2n) is 14.6. The number of hydrogen-bond acceptors (Lipinski definition) is 13. The van der Waals surface area contributed by atoms with Gasteiger partial charge in [-0.2, -0.15) is 0 Å². The third-order valence-electron chi connectivity index (χ3n) is 9.74. The molecule has 60 heavy (non-hydrogen) atoms. The molecule has 1 heterocycles. The van der Waals surface area contributed by atoms with Gasteiger partial charge in [0, 0.05) is 64.5 Å². The van der Waals surface area contributed by atoms with Crippen LogP contribution in [0.5, 0.6) is 0 Å². The second kappa shape index (κ2) is 29.5. The quantitative estimate of drug-likeness (QED) is 0.0420. The summed E-state index contributed by atoms with van der Waals surface area (Å²) in [6.07, 6.45) is 2.89. The van der Waals surface area contributed by atoms with Gasteiger partial charge in [0.2, 0.25) is 23.6 Å². The van der Waals surface area contributed by atoms with E-state index < -0.39 is 54.4 Å². The monoisotopic (exact) mass is 873 g/mol. The molecular weight excluding hydrogens is 811 g/mol. The van der Waals surface area contributed by atoms with Crippen molar-refractivity contribution in [2.75, 3.05) is 72.2 Å². The molecule has 0 unspecified atom stereocenters. The summed E-state index contributed by atoms with van der Waals surface area (Å²) in [5.41, 5.74) is 0.901. The maximum atomic E-state index is 13.4. The first-order valence-electron chi connectivity index (χ1n) is 20.2. The number of carbonyl (C=O) groups excluding carboxylic acids is 5. The van der Waals surface area contributed by atoms with Crippen LogP contribution in [-0.4, -0.2) is 158 Å². The minimum Gasteiger partial charge on any atom is -0.481 e. The molecule has 0 aromatic heterocycles. The number of hydrogen-bond donors (Lipinski definition) is 9. The Morgan fingerprint density at radius 1 is 0.733 bits per heavy atom. The summed E-state index contributed by atoms with van der Waals surface area (Å²) in [6, 6.07) is -4.80. The molecule has 0 spiro atoms. The number of rotatable bonds is 31. The Kier molecular flexibility index (Phi) is 25.3. The smallest absolute Gasteiger partial charge is 0.326 e. The number of nitrogens with one attached hydrogen (secondary N) is 6. The van der Waals surface area contributed by atoms with Gasteiger partial charge in [-0.15, -0.1) is 11.8 Å². The van der Waals surface area contributed by atoms with Crippen LogP contribution in [0.3, 0.4) is 0 Å². The molecule has 1 fully saturated rings. The number of carboxylic acids is 3. The molecular formula is C38H63N7O14S. The molecule has 22 heteroatoms. The van der Waals surface area contributed by atoms with Gasteiger partial charge in [0.1, 0.15) is 18.1 Å². The van der Waals surface area contributed by atoms with Gasteiger partial charge in [-0.3, -0.25) is 24.0 Å². The van der Waals surface area contributed by atoms with Crippen molar-refractivity contribution in [1.29, 1.82) is 0 Å². The minimum atomic E-state index is -1.52. The van der Waals surface area contributed by atoms with Crippen LogP contribution >= 0.6 is 11.8 Å². The molecule has 340 valence electrons. The van der Waals surface area contributed by atoms with E-state index in [0.29, 0.717) is 65.4 Å². The van der Waals surface area contributed by atoms with Gasteiger partial charge in [0.05, 0.1) is 45.5 Å². The SMILES string of the molecule is CC(=O)NCCOCCOCCOCCC(=O)NCC1CCC(C(=O)N[C@@H](CC2=CSCN2C)C(=O)NCCCC[C@H](NC(=O)N[C@@H](CCC(=O)O)C(=O)O)C(=O)O)CC1. The zero-order chi connectivity index (χ0) is 44.3.